The van der Waals surface area contributed by atoms with Crippen LogP contribution in [0.4, 0.5) is 0 Å². The van der Waals surface area contributed by atoms with Crippen molar-refractivity contribution in [2.75, 3.05) is 46.3 Å². The minimum atomic E-state index is -0.270. The first-order chi connectivity index (χ1) is 9.99. The first-order valence-corrected chi connectivity index (χ1v) is 7.36. The standard InChI is InChI=1S/C14H25N5O2/c1-16(8-9-19-6-4-15-5-7-19)11-12-10-13(20)18(3)14(21)17(12)2/h10,15H,4-9,11H2,1-3H3. The Kier molecular flexibility index (Phi) is 5.33. The van der Waals surface area contributed by atoms with Crippen LogP contribution in [0.2, 0.25) is 0 Å². The van der Waals surface area contributed by atoms with Crippen LogP contribution in [0.25, 0.3) is 0 Å². The van der Waals surface area contributed by atoms with Crippen molar-refractivity contribution in [3.05, 3.63) is 32.6 Å². The van der Waals surface area contributed by atoms with Gasteiger partial charge in [-0.3, -0.25) is 23.7 Å². The summed E-state index contributed by atoms with van der Waals surface area (Å²) in [6.07, 6.45) is 0. The average molecular weight is 295 g/mol. The largest absolute Gasteiger partial charge is 0.330 e. The Labute approximate surface area is 124 Å². The van der Waals surface area contributed by atoms with Gasteiger partial charge in [-0.1, -0.05) is 0 Å². The fraction of sp³-hybridized carbons (Fsp3) is 0.714. The van der Waals surface area contributed by atoms with Gasteiger partial charge in [0.15, 0.2) is 0 Å². The highest BCUT2D eigenvalue weighted by molar-refractivity contribution is 5.02. The summed E-state index contributed by atoms with van der Waals surface area (Å²) < 4.78 is 2.67. The fourth-order valence-electron chi connectivity index (χ4n) is 2.53. The quantitative estimate of drug-likeness (QED) is 0.710. The molecule has 1 aliphatic rings. The molecule has 0 bridgehead atoms. The highest BCUT2D eigenvalue weighted by atomic mass is 16.2. The second-order valence-corrected chi connectivity index (χ2v) is 5.70. The SMILES string of the molecule is CN(CCN1CCNCC1)Cc1cc(=O)n(C)c(=O)n1C. The van der Waals surface area contributed by atoms with E-state index in [0.29, 0.717) is 6.54 Å². The van der Waals surface area contributed by atoms with Gasteiger partial charge in [-0.25, -0.2) is 4.79 Å². The molecule has 21 heavy (non-hydrogen) atoms. The van der Waals surface area contributed by atoms with Crippen LogP contribution >= 0.6 is 0 Å². The molecule has 0 saturated carbocycles. The van der Waals surface area contributed by atoms with Crippen LogP contribution in [0, 0.1) is 0 Å². The number of rotatable bonds is 5. The molecular weight excluding hydrogens is 270 g/mol. The Morgan fingerprint density at radius 1 is 1.19 bits per heavy atom. The molecule has 1 fully saturated rings. The summed E-state index contributed by atoms with van der Waals surface area (Å²) in [7, 11) is 5.23. The summed E-state index contributed by atoms with van der Waals surface area (Å²) >= 11 is 0. The van der Waals surface area contributed by atoms with E-state index in [1.165, 1.54) is 7.05 Å². The topological polar surface area (TPSA) is 62.5 Å². The Bertz CT molecular complexity index is 586. The highest BCUT2D eigenvalue weighted by Crippen LogP contribution is 1.99. The third-order valence-electron chi connectivity index (χ3n) is 4.06. The van der Waals surface area contributed by atoms with Crippen LogP contribution in [0.3, 0.4) is 0 Å². The highest BCUT2D eigenvalue weighted by Gasteiger charge is 2.12. The third kappa shape index (κ3) is 4.03. The normalized spacial score (nSPS) is 16.6. The third-order valence-corrected chi connectivity index (χ3v) is 4.06. The maximum atomic E-state index is 11.9. The molecule has 0 aromatic carbocycles. The number of nitrogens with zero attached hydrogens (tertiary/aromatic N) is 4. The van der Waals surface area contributed by atoms with Crippen molar-refractivity contribution >= 4 is 0 Å². The summed E-state index contributed by atoms with van der Waals surface area (Å²) in [6.45, 7) is 6.80. The van der Waals surface area contributed by atoms with Gasteiger partial charge in [-0.15, -0.1) is 0 Å². The van der Waals surface area contributed by atoms with Crippen molar-refractivity contribution in [3.8, 4) is 0 Å². The molecule has 0 aliphatic carbocycles. The number of nitrogens with one attached hydrogen (secondary N) is 1. The molecule has 1 aromatic rings. The molecule has 1 N–H and O–H groups in total. The number of hydrogen-bond donors (Lipinski definition) is 1. The smallest absolute Gasteiger partial charge is 0.314 e. The minimum absolute atomic E-state index is 0.247. The predicted molar refractivity (Wildman–Crippen MR) is 82.6 cm³/mol. The molecule has 7 heteroatoms. The van der Waals surface area contributed by atoms with E-state index in [1.54, 1.807) is 17.7 Å². The van der Waals surface area contributed by atoms with E-state index in [4.69, 9.17) is 0 Å². The van der Waals surface area contributed by atoms with Crippen molar-refractivity contribution in [1.29, 1.82) is 0 Å². The van der Waals surface area contributed by atoms with Gasteiger partial charge in [0.2, 0.25) is 0 Å². The summed E-state index contributed by atoms with van der Waals surface area (Å²) in [5, 5.41) is 3.34. The number of hydrogen-bond acceptors (Lipinski definition) is 5. The molecule has 118 valence electrons. The fourth-order valence-corrected chi connectivity index (χ4v) is 2.53. The van der Waals surface area contributed by atoms with Gasteiger partial charge in [-0.2, -0.15) is 0 Å². The van der Waals surface area contributed by atoms with Crippen LogP contribution in [-0.4, -0.2) is 65.3 Å². The zero-order valence-corrected chi connectivity index (χ0v) is 13.1. The summed E-state index contributed by atoms with van der Waals surface area (Å²) in [4.78, 5) is 28.2. The molecule has 1 aliphatic heterocycles. The van der Waals surface area contributed by atoms with Gasteiger partial charge in [0.1, 0.15) is 0 Å². The molecule has 1 saturated heterocycles. The molecule has 0 radical (unpaired) electrons. The van der Waals surface area contributed by atoms with Crippen molar-refractivity contribution in [2.45, 2.75) is 6.54 Å². The lowest BCUT2D eigenvalue weighted by Gasteiger charge is -2.29. The molecule has 2 heterocycles. The van der Waals surface area contributed by atoms with Crippen molar-refractivity contribution in [2.24, 2.45) is 14.1 Å². The Balaban J connectivity index is 1.95. The minimum Gasteiger partial charge on any atom is -0.314 e. The first kappa shape index (κ1) is 15.9. The number of aromatic nitrogens is 2. The Hall–Kier alpha value is -1.44. The lowest BCUT2D eigenvalue weighted by molar-refractivity contribution is 0.200. The molecule has 0 unspecified atom stereocenters. The molecule has 1 aromatic heterocycles. The van der Waals surface area contributed by atoms with Gasteiger partial charge in [0, 0.05) is 71.7 Å². The molecular formula is C14H25N5O2. The lowest BCUT2D eigenvalue weighted by atomic mass is 10.3. The van der Waals surface area contributed by atoms with Crippen molar-refractivity contribution in [3.63, 3.8) is 0 Å². The monoisotopic (exact) mass is 295 g/mol. The van der Waals surface area contributed by atoms with E-state index in [0.717, 1.165) is 49.5 Å². The molecule has 2 rings (SSSR count). The predicted octanol–water partition coefficient (Wildman–Crippen LogP) is -1.58. The Morgan fingerprint density at radius 3 is 2.52 bits per heavy atom. The van der Waals surface area contributed by atoms with Crippen LogP contribution in [0.5, 0.6) is 0 Å². The van der Waals surface area contributed by atoms with Crippen LogP contribution in [0.1, 0.15) is 5.69 Å². The van der Waals surface area contributed by atoms with E-state index in [9.17, 15) is 9.59 Å². The zero-order chi connectivity index (χ0) is 15.4. The van der Waals surface area contributed by atoms with Crippen LogP contribution in [0.15, 0.2) is 15.7 Å². The first-order valence-electron chi connectivity index (χ1n) is 7.36. The average Bonchev–Trinajstić information content (AvgIpc) is 2.49. The van der Waals surface area contributed by atoms with Gasteiger partial charge >= 0.3 is 5.69 Å². The van der Waals surface area contributed by atoms with E-state index in [2.05, 4.69) is 15.1 Å². The number of piperazine rings is 1. The molecule has 0 atom stereocenters. The van der Waals surface area contributed by atoms with E-state index in [1.807, 2.05) is 7.05 Å². The van der Waals surface area contributed by atoms with Crippen LogP contribution in [-0.2, 0) is 20.6 Å². The van der Waals surface area contributed by atoms with Crippen LogP contribution < -0.4 is 16.6 Å². The second kappa shape index (κ2) is 7.02. The summed E-state index contributed by atoms with van der Waals surface area (Å²) in [6, 6.07) is 1.54. The number of likely N-dealkylation sites (N-methyl/N-ethyl adjacent to an activating group) is 1. The van der Waals surface area contributed by atoms with Gasteiger partial charge in [0.05, 0.1) is 0 Å². The summed E-state index contributed by atoms with van der Waals surface area (Å²) in [5.41, 5.74) is 0.238. The van der Waals surface area contributed by atoms with Crippen molar-refractivity contribution in [1.82, 2.24) is 24.3 Å². The van der Waals surface area contributed by atoms with Crippen molar-refractivity contribution < 1.29 is 0 Å². The Morgan fingerprint density at radius 2 is 1.86 bits per heavy atom. The summed E-state index contributed by atoms with van der Waals surface area (Å²) in [5.74, 6) is 0. The van der Waals surface area contributed by atoms with E-state index >= 15 is 0 Å². The lowest BCUT2D eigenvalue weighted by Crippen LogP contribution is -2.46. The van der Waals surface area contributed by atoms with E-state index < -0.39 is 0 Å². The molecule has 7 nitrogen and oxygen atoms in total. The van der Waals surface area contributed by atoms with Gasteiger partial charge < -0.3 is 5.32 Å². The van der Waals surface area contributed by atoms with Gasteiger partial charge in [0.25, 0.3) is 5.56 Å². The maximum absolute atomic E-state index is 11.9. The zero-order valence-electron chi connectivity index (χ0n) is 13.1. The van der Waals surface area contributed by atoms with E-state index in [-0.39, 0.29) is 11.2 Å². The maximum Gasteiger partial charge on any atom is 0.330 e. The van der Waals surface area contributed by atoms with Gasteiger partial charge in [-0.05, 0) is 7.05 Å². The molecule has 0 amide bonds. The molecule has 0 spiro atoms. The second-order valence-electron chi connectivity index (χ2n) is 5.70.